The molecule has 0 saturated carbocycles. The number of ether oxygens (including phenoxy) is 3. The molecule has 0 unspecified atom stereocenters. The fourth-order valence-corrected chi connectivity index (χ4v) is 1.56. The number of esters is 2. The lowest BCUT2D eigenvalue weighted by Crippen LogP contribution is -2.27. The summed E-state index contributed by atoms with van der Waals surface area (Å²) in [6, 6.07) is 3.27. The molecule has 0 N–H and O–H groups in total. The number of hydrogen-bond acceptors (Lipinski definition) is 6. The van der Waals surface area contributed by atoms with E-state index in [4.69, 9.17) is 14.2 Å². The maximum Gasteiger partial charge on any atom is 0.326 e. The van der Waals surface area contributed by atoms with Gasteiger partial charge in [0.15, 0.2) is 5.92 Å². The van der Waals surface area contributed by atoms with Crippen LogP contribution in [0.5, 0.6) is 5.75 Å². The molecule has 0 spiro atoms. The van der Waals surface area contributed by atoms with E-state index in [1.807, 2.05) is 0 Å². The Labute approximate surface area is 111 Å². The molecule has 1 heterocycles. The van der Waals surface area contributed by atoms with Gasteiger partial charge in [-0.25, -0.2) is 0 Å². The third kappa shape index (κ3) is 3.67. The summed E-state index contributed by atoms with van der Waals surface area (Å²) in [5.41, 5.74) is 0.196. The molecule has 1 aromatic rings. The molecular formula is C13H17NO5. The molecule has 0 aromatic carbocycles. The number of aromatic nitrogens is 1. The molecule has 0 aliphatic heterocycles. The zero-order chi connectivity index (χ0) is 14.3. The van der Waals surface area contributed by atoms with Gasteiger partial charge in [-0.1, -0.05) is 0 Å². The summed E-state index contributed by atoms with van der Waals surface area (Å²) < 4.78 is 14.9. The van der Waals surface area contributed by atoms with Gasteiger partial charge in [-0.2, -0.15) is 0 Å². The van der Waals surface area contributed by atoms with Crippen LogP contribution in [-0.2, 0) is 19.1 Å². The second kappa shape index (κ2) is 7.35. The van der Waals surface area contributed by atoms with Gasteiger partial charge in [-0.15, -0.1) is 0 Å². The van der Waals surface area contributed by atoms with Crippen molar-refractivity contribution in [3.8, 4) is 5.75 Å². The molecule has 0 fully saturated rings. The first-order valence-electron chi connectivity index (χ1n) is 5.97. The summed E-state index contributed by atoms with van der Waals surface area (Å²) in [5, 5.41) is 0. The van der Waals surface area contributed by atoms with Gasteiger partial charge in [-0.3, -0.25) is 14.6 Å². The fourth-order valence-electron chi connectivity index (χ4n) is 1.56. The second-order valence-electron chi connectivity index (χ2n) is 3.53. The van der Waals surface area contributed by atoms with Crippen molar-refractivity contribution in [3.63, 3.8) is 0 Å². The Morgan fingerprint density at radius 3 is 2.26 bits per heavy atom. The van der Waals surface area contributed by atoms with Crippen molar-refractivity contribution in [3.05, 3.63) is 24.0 Å². The van der Waals surface area contributed by atoms with Gasteiger partial charge in [0, 0.05) is 6.20 Å². The number of nitrogens with zero attached hydrogens (tertiary/aromatic N) is 1. The highest BCUT2D eigenvalue weighted by Crippen LogP contribution is 2.26. The van der Waals surface area contributed by atoms with Crippen LogP contribution in [0, 0.1) is 0 Å². The molecule has 1 aromatic heterocycles. The zero-order valence-electron chi connectivity index (χ0n) is 11.2. The molecule has 0 aliphatic rings. The number of carbonyl (C=O) groups excluding carboxylic acids is 2. The Balaban J connectivity index is 3.14. The van der Waals surface area contributed by atoms with Crippen molar-refractivity contribution in [2.75, 3.05) is 20.3 Å². The van der Waals surface area contributed by atoms with Crippen LogP contribution in [0.3, 0.4) is 0 Å². The Morgan fingerprint density at radius 1 is 1.21 bits per heavy atom. The quantitative estimate of drug-likeness (QED) is 0.571. The molecular weight excluding hydrogens is 250 g/mol. The Kier molecular flexibility index (Phi) is 5.78. The van der Waals surface area contributed by atoms with Crippen LogP contribution in [0.25, 0.3) is 0 Å². The van der Waals surface area contributed by atoms with Crippen LogP contribution in [0.1, 0.15) is 25.5 Å². The van der Waals surface area contributed by atoms with Crippen LogP contribution in [0.4, 0.5) is 0 Å². The van der Waals surface area contributed by atoms with Gasteiger partial charge in [-0.05, 0) is 26.0 Å². The van der Waals surface area contributed by atoms with E-state index in [2.05, 4.69) is 4.98 Å². The average molecular weight is 267 g/mol. The maximum absolute atomic E-state index is 11.9. The van der Waals surface area contributed by atoms with E-state index in [1.54, 1.807) is 26.0 Å². The molecule has 0 aliphatic carbocycles. The fraction of sp³-hybridized carbons (Fsp3) is 0.462. The van der Waals surface area contributed by atoms with Gasteiger partial charge < -0.3 is 14.2 Å². The molecule has 104 valence electrons. The summed E-state index contributed by atoms with van der Waals surface area (Å²) >= 11 is 0. The third-order valence-corrected chi connectivity index (χ3v) is 2.34. The first-order chi connectivity index (χ1) is 9.15. The van der Waals surface area contributed by atoms with E-state index < -0.39 is 17.9 Å². The monoisotopic (exact) mass is 267 g/mol. The van der Waals surface area contributed by atoms with E-state index in [-0.39, 0.29) is 18.9 Å². The third-order valence-electron chi connectivity index (χ3n) is 2.34. The number of hydrogen-bond donors (Lipinski definition) is 0. The van der Waals surface area contributed by atoms with Gasteiger partial charge in [0.1, 0.15) is 11.4 Å². The standard InChI is InChI=1S/C13H17NO5/c1-4-18-12(15)10(13(16)19-5-2)11-9(17-3)7-6-8-14-11/h6-8,10H,4-5H2,1-3H3. The van der Waals surface area contributed by atoms with Gasteiger partial charge in [0.2, 0.25) is 0 Å². The van der Waals surface area contributed by atoms with Gasteiger partial charge in [0.05, 0.1) is 20.3 Å². The van der Waals surface area contributed by atoms with Crippen molar-refractivity contribution in [2.24, 2.45) is 0 Å². The molecule has 19 heavy (non-hydrogen) atoms. The topological polar surface area (TPSA) is 74.7 Å². The van der Waals surface area contributed by atoms with Crippen molar-refractivity contribution >= 4 is 11.9 Å². The Morgan fingerprint density at radius 2 is 1.79 bits per heavy atom. The number of rotatable bonds is 6. The van der Waals surface area contributed by atoms with Crippen molar-refractivity contribution < 1.29 is 23.8 Å². The van der Waals surface area contributed by atoms with E-state index in [1.165, 1.54) is 13.3 Å². The minimum atomic E-state index is -1.23. The van der Waals surface area contributed by atoms with Crippen LogP contribution < -0.4 is 4.74 Å². The SMILES string of the molecule is CCOC(=O)C(C(=O)OCC)c1ncccc1OC. The molecule has 6 heteroatoms. The lowest BCUT2D eigenvalue weighted by atomic mass is 10.0. The lowest BCUT2D eigenvalue weighted by Gasteiger charge is -2.15. The van der Waals surface area contributed by atoms with Crippen LogP contribution in [0.2, 0.25) is 0 Å². The van der Waals surface area contributed by atoms with Crippen LogP contribution in [-0.4, -0.2) is 37.2 Å². The van der Waals surface area contributed by atoms with Crippen LogP contribution in [0.15, 0.2) is 18.3 Å². The minimum absolute atomic E-state index is 0.171. The summed E-state index contributed by atoms with van der Waals surface area (Å²) in [7, 11) is 1.44. The summed E-state index contributed by atoms with van der Waals surface area (Å²) in [5.74, 6) is -2.28. The predicted octanol–water partition coefficient (Wildman–Crippen LogP) is 1.30. The zero-order valence-corrected chi connectivity index (χ0v) is 11.2. The van der Waals surface area contributed by atoms with E-state index in [0.717, 1.165) is 0 Å². The number of methoxy groups -OCH3 is 1. The molecule has 0 atom stereocenters. The van der Waals surface area contributed by atoms with Crippen LogP contribution >= 0.6 is 0 Å². The normalized spacial score (nSPS) is 10.1. The highest BCUT2D eigenvalue weighted by Gasteiger charge is 2.35. The van der Waals surface area contributed by atoms with E-state index in [9.17, 15) is 9.59 Å². The highest BCUT2D eigenvalue weighted by atomic mass is 16.6. The van der Waals surface area contributed by atoms with E-state index in [0.29, 0.717) is 5.75 Å². The summed E-state index contributed by atoms with van der Waals surface area (Å²) in [6.45, 7) is 3.67. The maximum atomic E-state index is 11.9. The molecule has 0 amide bonds. The molecule has 6 nitrogen and oxygen atoms in total. The molecule has 0 bridgehead atoms. The molecule has 1 rings (SSSR count). The van der Waals surface area contributed by atoms with Crippen molar-refractivity contribution in [1.82, 2.24) is 4.98 Å². The molecule has 0 radical (unpaired) electrons. The Bertz CT molecular complexity index is 428. The lowest BCUT2D eigenvalue weighted by molar-refractivity contribution is -0.157. The summed E-state index contributed by atoms with van der Waals surface area (Å²) in [6.07, 6.45) is 1.48. The van der Waals surface area contributed by atoms with E-state index >= 15 is 0 Å². The smallest absolute Gasteiger partial charge is 0.326 e. The second-order valence-corrected chi connectivity index (χ2v) is 3.53. The van der Waals surface area contributed by atoms with Crippen molar-refractivity contribution in [2.45, 2.75) is 19.8 Å². The largest absolute Gasteiger partial charge is 0.495 e. The first-order valence-corrected chi connectivity index (χ1v) is 5.97. The van der Waals surface area contributed by atoms with Gasteiger partial charge >= 0.3 is 11.9 Å². The highest BCUT2D eigenvalue weighted by molar-refractivity contribution is 6.00. The van der Waals surface area contributed by atoms with Gasteiger partial charge in [0.25, 0.3) is 0 Å². The predicted molar refractivity (Wildman–Crippen MR) is 66.8 cm³/mol. The Hall–Kier alpha value is -2.11. The summed E-state index contributed by atoms with van der Waals surface area (Å²) in [4.78, 5) is 27.8. The minimum Gasteiger partial charge on any atom is -0.495 e. The van der Waals surface area contributed by atoms with Crippen molar-refractivity contribution in [1.29, 1.82) is 0 Å². The average Bonchev–Trinajstić information content (AvgIpc) is 2.40. The first kappa shape index (κ1) is 14.9. The molecule has 0 saturated heterocycles. The number of pyridine rings is 1. The number of carbonyl (C=O) groups is 2.